The van der Waals surface area contributed by atoms with Crippen LogP contribution >= 0.6 is 12.2 Å². The molecule has 0 N–H and O–H groups in total. The van der Waals surface area contributed by atoms with E-state index in [1.807, 2.05) is 26.0 Å². The second kappa shape index (κ2) is 26.3. The molecule has 0 unspecified atom stereocenters. The molecule has 0 fully saturated rings. The van der Waals surface area contributed by atoms with E-state index in [0.29, 0.717) is 91.2 Å². The van der Waals surface area contributed by atoms with Gasteiger partial charge >= 0.3 is 35.9 Å². The average molecular weight is 1130 g/mol. The monoisotopic (exact) mass is 1130 g/mol. The molecule has 0 saturated heterocycles. The lowest BCUT2D eigenvalue weighted by atomic mass is 10.1. The fraction of sp³-hybridized carbons (Fsp3) is 0.290. The van der Waals surface area contributed by atoms with E-state index < -0.39 is 74.2 Å². The summed E-state index contributed by atoms with van der Waals surface area (Å²) in [6.45, 7) is 12.1. The predicted molar refractivity (Wildman–Crippen MR) is 308 cm³/mol. The van der Waals surface area contributed by atoms with E-state index >= 15 is 14.4 Å². The zero-order chi connectivity index (χ0) is 57.9. The molecular weight excluding hydrogens is 1070 g/mol. The molecule has 4 heterocycles. The second-order valence-corrected chi connectivity index (χ2v) is 19.6. The van der Waals surface area contributed by atoms with Crippen LogP contribution in [0.25, 0.3) is 55.8 Å². The van der Waals surface area contributed by atoms with E-state index in [4.69, 9.17) is 49.5 Å². The van der Waals surface area contributed by atoms with Crippen LogP contribution < -0.4 is 35.6 Å². The molecule has 9 aromatic rings. The SMILES string of the molecule is C=CC(=O)OCCCCCCOc1ccc(C(=O)Oc2c3c(=O)n(-c4nc5ccc(CCC)cc5o4)c(=O)c3c(OC(=O)c3ccc(OCCCCCCOC(=O)C=C)cc3)c3c(=S)n(-c4nc5ccc(CCC)cc5o4)c(=O)c23)cc1. The lowest BCUT2D eigenvalue weighted by Gasteiger charge is -2.12. The van der Waals surface area contributed by atoms with Crippen molar-refractivity contribution in [2.24, 2.45) is 0 Å². The molecule has 9 rings (SSSR count). The summed E-state index contributed by atoms with van der Waals surface area (Å²) >= 11 is 6.06. The highest BCUT2D eigenvalue weighted by Gasteiger charge is 2.35. The Labute approximate surface area is 474 Å². The Balaban J connectivity index is 1.11. The highest BCUT2D eigenvalue weighted by molar-refractivity contribution is 7.71. The summed E-state index contributed by atoms with van der Waals surface area (Å²) < 4.78 is 47.7. The predicted octanol–water partition coefficient (Wildman–Crippen LogP) is 11.2. The summed E-state index contributed by atoms with van der Waals surface area (Å²) in [4.78, 5) is 106. The molecule has 0 aliphatic rings. The molecule has 0 atom stereocenters. The minimum Gasteiger partial charge on any atom is -0.494 e. The lowest BCUT2D eigenvalue weighted by Crippen LogP contribution is -2.24. The number of oxazole rings is 2. The van der Waals surface area contributed by atoms with Crippen molar-refractivity contribution in [3.8, 4) is 35.0 Å². The Bertz CT molecular complexity index is 3740. The number of ether oxygens (including phenoxy) is 6. The van der Waals surface area contributed by atoms with Crippen LogP contribution in [0.15, 0.2) is 133 Å². The molecule has 4 aromatic heterocycles. The zero-order valence-electron chi connectivity index (χ0n) is 45.3. The molecule has 0 amide bonds. The van der Waals surface area contributed by atoms with Crippen LogP contribution in [0.1, 0.15) is 110 Å². The highest BCUT2D eigenvalue weighted by Crippen LogP contribution is 2.42. The number of unbranched alkanes of at least 4 members (excludes halogenated alkanes) is 6. The molecule has 0 aliphatic carbocycles. The fourth-order valence-electron chi connectivity index (χ4n) is 9.33. The number of esters is 4. The molecule has 0 saturated carbocycles. The largest absolute Gasteiger partial charge is 0.494 e. The van der Waals surface area contributed by atoms with Gasteiger partial charge < -0.3 is 37.3 Å². The number of aromatic nitrogens is 4. The maximum atomic E-state index is 15.3. The number of rotatable bonds is 28. The van der Waals surface area contributed by atoms with Crippen molar-refractivity contribution in [1.29, 1.82) is 0 Å². The van der Waals surface area contributed by atoms with Gasteiger partial charge in [-0.2, -0.15) is 14.5 Å². The number of carbonyl (C=O) groups is 4. The smallest absolute Gasteiger partial charge is 0.343 e. The molecule has 20 heteroatoms. The van der Waals surface area contributed by atoms with Crippen LogP contribution in [-0.2, 0) is 31.9 Å². The Hall–Kier alpha value is -9.30. The molecular formula is C62H58N4O15S. The average Bonchev–Trinajstić information content (AvgIpc) is 4.18. The fourth-order valence-corrected chi connectivity index (χ4v) is 9.69. The first-order valence-corrected chi connectivity index (χ1v) is 27.5. The molecule has 0 bridgehead atoms. The van der Waals surface area contributed by atoms with Crippen LogP contribution in [-0.4, -0.2) is 69.4 Å². The summed E-state index contributed by atoms with van der Waals surface area (Å²) in [7, 11) is 0. The van der Waals surface area contributed by atoms with E-state index in [1.165, 1.54) is 24.3 Å². The zero-order valence-corrected chi connectivity index (χ0v) is 46.1. The van der Waals surface area contributed by atoms with E-state index in [1.54, 1.807) is 48.5 Å². The molecule has 0 radical (unpaired) electrons. The summed E-state index contributed by atoms with van der Waals surface area (Å²) in [5.74, 6) is -3.37. The van der Waals surface area contributed by atoms with Gasteiger partial charge in [0.2, 0.25) is 0 Å². The van der Waals surface area contributed by atoms with Gasteiger partial charge in [-0.1, -0.05) is 64.2 Å². The van der Waals surface area contributed by atoms with E-state index in [9.17, 15) is 19.2 Å². The minimum absolute atomic E-state index is 0.0139. The molecule has 422 valence electrons. The van der Waals surface area contributed by atoms with Crippen molar-refractivity contribution >= 4 is 79.8 Å². The number of benzene rings is 5. The standard InChI is InChI=1S/C62H58N4O15S/c1-5-17-37-19-29-43-45(35-37)78-61(63-43)65-55(69)49-50(56(65)70)54(81-60(73)40-23-27-42(28-24-40)75-32-14-10-12-16-34-77-48(68)8-4)52-51(57(71)66(58(52)82)62-64-44-30-20-38(18-6-2)36-46(44)79-62)53(49)80-59(72)39-21-25-41(26-22-39)74-31-13-9-11-15-33-76-47(67)7-3/h7-8,19-30,35-36H,3-6,9-18,31-34H2,1-2H3. The number of fused-ring (bicyclic) bond motifs is 4. The van der Waals surface area contributed by atoms with Gasteiger partial charge in [-0.25, -0.2) is 23.7 Å². The van der Waals surface area contributed by atoms with Crippen molar-refractivity contribution in [2.75, 3.05) is 26.4 Å². The Morgan fingerprint density at radius 2 is 0.915 bits per heavy atom. The van der Waals surface area contributed by atoms with Gasteiger partial charge in [0.05, 0.1) is 48.3 Å². The quantitative estimate of drug-likeness (QED) is 0.0146. The number of nitrogens with zero attached hydrogens (tertiary/aromatic N) is 4. The van der Waals surface area contributed by atoms with Crippen LogP contribution in [0.2, 0.25) is 0 Å². The molecule has 19 nitrogen and oxygen atoms in total. The van der Waals surface area contributed by atoms with Gasteiger partial charge in [0.15, 0.2) is 22.7 Å². The number of hydrogen-bond acceptors (Lipinski definition) is 18. The Morgan fingerprint density at radius 3 is 1.34 bits per heavy atom. The van der Waals surface area contributed by atoms with Crippen molar-refractivity contribution in [2.45, 2.75) is 90.9 Å². The van der Waals surface area contributed by atoms with Crippen molar-refractivity contribution in [1.82, 2.24) is 19.1 Å². The van der Waals surface area contributed by atoms with Gasteiger partial charge in [0.1, 0.15) is 37.9 Å². The normalized spacial score (nSPS) is 11.3. The Kier molecular flexibility index (Phi) is 18.4. The van der Waals surface area contributed by atoms with Gasteiger partial charge in [-0.05, 0) is 148 Å². The number of hydrogen-bond donors (Lipinski definition) is 0. The molecule has 0 spiro atoms. The first-order valence-electron chi connectivity index (χ1n) is 27.1. The number of aryl methyl sites for hydroxylation is 2. The maximum Gasteiger partial charge on any atom is 0.343 e. The third-order valence-electron chi connectivity index (χ3n) is 13.4. The van der Waals surface area contributed by atoms with Gasteiger partial charge in [-0.15, -0.1) is 0 Å². The van der Waals surface area contributed by atoms with Gasteiger partial charge in [-0.3, -0.25) is 14.4 Å². The third kappa shape index (κ3) is 12.7. The number of carbonyl (C=O) groups excluding carboxylic acids is 4. The second-order valence-electron chi connectivity index (χ2n) is 19.2. The van der Waals surface area contributed by atoms with Crippen LogP contribution in [0, 0.1) is 4.64 Å². The molecule has 5 aromatic carbocycles. The third-order valence-corrected chi connectivity index (χ3v) is 13.8. The van der Waals surface area contributed by atoms with Gasteiger partial charge in [0, 0.05) is 12.2 Å². The van der Waals surface area contributed by atoms with E-state index in [-0.39, 0.29) is 32.8 Å². The topological polar surface area (TPSA) is 237 Å². The van der Waals surface area contributed by atoms with E-state index in [0.717, 1.165) is 72.8 Å². The van der Waals surface area contributed by atoms with Crippen molar-refractivity contribution in [3.63, 3.8) is 0 Å². The Morgan fingerprint density at radius 1 is 0.524 bits per heavy atom. The van der Waals surface area contributed by atoms with Crippen LogP contribution in [0.5, 0.6) is 23.0 Å². The molecule has 0 aliphatic heterocycles. The first kappa shape index (κ1) is 57.4. The molecule has 82 heavy (non-hydrogen) atoms. The first-order chi connectivity index (χ1) is 39.8. The minimum atomic E-state index is -1.12. The van der Waals surface area contributed by atoms with Crippen molar-refractivity contribution < 1.29 is 56.4 Å². The summed E-state index contributed by atoms with van der Waals surface area (Å²) in [6, 6.07) is 21.9. The summed E-state index contributed by atoms with van der Waals surface area (Å²) in [5, 5.41) is -2.03. The summed E-state index contributed by atoms with van der Waals surface area (Å²) in [5.41, 5.74) is -0.0459. The summed E-state index contributed by atoms with van der Waals surface area (Å²) in [6.07, 6.45) is 11.4. The highest BCUT2D eigenvalue weighted by atomic mass is 32.1. The lowest BCUT2D eigenvalue weighted by molar-refractivity contribution is -0.138. The maximum absolute atomic E-state index is 15.3. The van der Waals surface area contributed by atoms with Crippen molar-refractivity contribution in [3.05, 3.63) is 168 Å². The van der Waals surface area contributed by atoms with E-state index in [2.05, 4.69) is 23.1 Å². The van der Waals surface area contributed by atoms with Crippen LogP contribution in [0.3, 0.4) is 0 Å². The van der Waals surface area contributed by atoms with Crippen LogP contribution in [0.4, 0.5) is 0 Å². The van der Waals surface area contributed by atoms with Gasteiger partial charge in [0.25, 0.3) is 16.7 Å².